The Balaban J connectivity index is 2.01. The van der Waals surface area contributed by atoms with Gasteiger partial charge in [0.25, 0.3) is 0 Å². The quantitative estimate of drug-likeness (QED) is 0.661. The van der Waals surface area contributed by atoms with Crippen LogP contribution in [0.2, 0.25) is 0 Å². The van der Waals surface area contributed by atoms with Gasteiger partial charge in [-0.05, 0) is 36.1 Å². The normalized spacial score (nSPS) is 26.3. The van der Waals surface area contributed by atoms with E-state index in [1.165, 1.54) is 5.06 Å². The van der Waals surface area contributed by atoms with Crippen molar-refractivity contribution >= 4 is 0 Å². The van der Waals surface area contributed by atoms with Crippen LogP contribution in [0, 0.1) is 0 Å². The van der Waals surface area contributed by atoms with Crippen molar-refractivity contribution in [2.24, 2.45) is 0 Å². The van der Waals surface area contributed by atoms with Crippen LogP contribution in [0.25, 0.3) is 0 Å². The van der Waals surface area contributed by atoms with Crippen LogP contribution in [-0.2, 0) is 16.3 Å². The van der Waals surface area contributed by atoms with E-state index in [9.17, 15) is 5.21 Å². The molecule has 1 aliphatic heterocycles. The molecule has 0 aromatic heterocycles. The zero-order valence-electron chi connectivity index (χ0n) is 13.9. The van der Waals surface area contributed by atoms with Gasteiger partial charge in [0.05, 0.1) is 11.1 Å². The number of fused-ring (bicyclic) bond motifs is 1. The molecule has 2 heteroatoms. The van der Waals surface area contributed by atoms with Crippen molar-refractivity contribution in [1.82, 2.24) is 5.06 Å². The minimum absolute atomic E-state index is 0.706. The zero-order valence-corrected chi connectivity index (χ0v) is 13.9. The second-order valence-electron chi connectivity index (χ2n) is 6.72. The summed E-state index contributed by atoms with van der Waals surface area (Å²) in [6.07, 6.45) is 0. The second-order valence-corrected chi connectivity index (χ2v) is 6.72. The lowest BCUT2D eigenvalue weighted by Gasteiger charge is -2.38. The number of benzene rings is 3. The first-order valence-corrected chi connectivity index (χ1v) is 8.28. The first-order chi connectivity index (χ1) is 11.6. The Bertz CT molecular complexity index is 789. The Kier molecular flexibility index (Phi) is 3.34. The molecule has 1 heterocycles. The number of hydrogen-bond acceptors (Lipinski definition) is 1. The van der Waals surface area contributed by atoms with E-state index >= 15 is 0 Å². The molecule has 0 spiro atoms. The standard InChI is InChI=1S/C22H20NO/c1-21(17-11-5-3-6-12-17)19-15-9-10-16-20(19)22(2,23(21)24)18-13-7-4-8-14-18/h3-16H,1-2H3/t21-,22-/m1/s1. The molecule has 0 unspecified atom stereocenters. The van der Waals surface area contributed by atoms with Crippen LogP contribution >= 0.6 is 0 Å². The molecule has 0 aliphatic carbocycles. The fourth-order valence-corrected chi connectivity index (χ4v) is 4.07. The van der Waals surface area contributed by atoms with Crippen molar-refractivity contribution in [2.75, 3.05) is 0 Å². The zero-order chi connectivity index (χ0) is 16.8. The van der Waals surface area contributed by atoms with Crippen molar-refractivity contribution in [1.29, 1.82) is 0 Å². The fourth-order valence-electron chi connectivity index (χ4n) is 4.07. The summed E-state index contributed by atoms with van der Waals surface area (Å²) in [5.74, 6) is 0. The van der Waals surface area contributed by atoms with Crippen LogP contribution in [-0.4, -0.2) is 5.06 Å². The summed E-state index contributed by atoms with van der Waals surface area (Å²) in [6.45, 7) is 4.06. The molecule has 0 saturated carbocycles. The van der Waals surface area contributed by atoms with Crippen LogP contribution < -0.4 is 0 Å². The minimum Gasteiger partial charge on any atom is -0.126 e. The first kappa shape index (κ1) is 15.1. The molecule has 24 heavy (non-hydrogen) atoms. The number of hydroxylamine groups is 2. The SMILES string of the molecule is C[C@@]1(c2ccccc2)c2ccccc2[C@@](C)(c2ccccc2)N1[O]. The molecule has 0 saturated heterocycles. The maximum atomic E-state index is 13.7. The predicted octanol–water partition coefficient (Wildman–Crippen LogP) is 4.87. The van der Waals surface area contributed by atoms with Crippen molar-refractivity contribution in [3.8, 4) is 0 Å². The van der Waals surface area contributed by atoms with Crippen LogP contribution in [0.1, 0.15) is 36.1 Å². The Morgan fingerprint density at radius 2 is 0.917 bits per heavy atom. The smallest absolute Gasteiger partial charge is 0.0980 e. The molecular formula is C22H20NO. The van der Waals surface area contributed by atoms with Gasteiger partial charge in [0.15, 0.2) is 0 Å². The van der Waals surface area contributed by atoms with E-state index in [4.69, 9.17) is 0 Å². The molecule has 4 rings (SSSR count). The molecule has 2 nitrogen and oxygen atoms in total. The molecule has 3 aromatic carbocycles. The highest BCUT2D eigenvalue weighted by molar-refractivity contribution is 5.54. The van der Waals surface area contributed by atoms with Crippen LogP contribution in [0.5, 0.6) is 0 Å². The lowest BCUT2D eigenvalue weighted by atomic mass is 9.83. The van der Waals surface area contributed by atoms with Crippen molar-refractivity contribution < 1.29 is 5.21 Å². The highest BCUT2D eigenvalue weighted by Gasteiger charge is 2.56. The van der Waals surface area contributed by atoms with Crippen molar-refractivity contribution in [3.05, 3.63) is 107 Å². The molecule has 0 amide bonds. The minimum atomic E-state index is -0.706. The molecular weight excluding hydrogens is 294 g/mol. The number of rotatable bonds is 2. The lowest BCUT2D eigenvalue weighted by Crippen LogP contribution is -2.46. The van der Waals surface area contributed by atoms with E-state index in [0.29, 0.717) is 0 Å². The van der Waals surface area contributed by atoms with Gasteiger partial charge < -0.3 is 0 Å². The van der Waals surface area contributed by atoms with Gasteiger partial charge in [-0.15, -0.1) is 10.3 Å². The molecule has 3 aromatic rings. The summed E-state index contributed by atoms with van der Waals surface area (Å²) in [7, 11) is 0. The Morgan fingerprint density at radius 3 is 1.29 bits per heavy atom. The van der Waals surface area contributed by atoms with Gasteiger partial charge in [0.2, 0.25) is 0 Å². The van der Waals surface area contributed by atoms with Crippen molar-refractivity contribution in [2.45, 2.75) is 24.9 Å². The summed E-state index contributed by atoms with van der Waals surface area (Å²) < 4.78 is 0. The predicted molar refractivity (Wildman–Crippen MR) is 94.8 cm³/mol. The van der Waals surface area contributed by atoms with Gasteiger partial charge in [0, 0.05) is 0 Å². The third-order valence-corrected chi connectivity index (χ3v) is 5.46. The third kappa shape index (κ3) is 1.84. The highest BCUT2D eigenvalue weighted by atomic mass is 16.5. The third-order valence-electron chi connectivity index (χ3n) is 5.46. The summed E-state index contributed by atoms with van der Waals surface area (Å²) >= 11 is 0. The van der Waals surface area contributed by atoms with Gasteiger partial charge in [-0.1, -0.05) is 84.9 Å². The van der Waals surface area contributed by atoms with Crippen molar-refractivity contribution in [3.63, 3.8) is 0 Å². The van der Waals surface area contributed by atoms with Crippen LogP contribution in [0.3, 0.4) is 0 Å². The summed E-state index contributed by atoms with van der Waals surface area (Å²) in [5.41, 5.74) is 2.79. The maximum Gasteiger partial charge on any atom is 0.0980 e. The Morgan fingerprint density at radius 1 is 0.583 bits per heavy atom. The van der Waals surface area contributed by atoms with E-state index in [2.05, 4.69) is 12.1 Å². The van der Waals surface area contributed by atoms with E-state index in [0.717, 1.165) is 22.3 Å². The largest absolute Gasteiger partial charge is 0.126 e. The molecule has 0 bridgehead atoms. The first-order valence-electron chi connectivity index (χ1n) is 8.28. The van der Waals surface area contributed by atoms with E-state index in [1.54, 1.807) is 0 Å². The van der Waals surface area contributed by atoms with E-state index < -0.39 is 11.1 Å². The van der Waals surface area contributed by atoms with E-state index in [1.807, 2.05) is 86.6 Å². The summed E-state index contributed by atoms with van der Waals surface area (Å²) in [4.78, 5) is 0. The van der Waals surface area contributed by atoms with Gasteiger partial charge in [-0.25, -0.2) is 0 Å². The Labute approximate surface area is 143 Å². The van der Waals surface area contributed by atoms with Gasteiger partial charge in [0.1, 0.15) is 0 Å². The molecule has 0 N–H and O–H groups in total. The molecule has 2 atom stereocenters. The van der Waals surface area contributed by atoms with Crippen LogP contribution in [0.15, 0.2) is 84.9 Å². The average molecular weight is 314 g/mol. The molecule has 119 valence electrons. The Hall–Kier alpha value is -2.42. The van der Waals surface area contributed by atoms with Gasteiger partial charge >= 0.3 is 0 Å². The number of nitrogens with zero attached hydrogens (tertiary/aromatic N) is 1. The molecule has 1 radical (unpaired) electrons. The lowest BCUT2D eigenvalue weighted by molar-refractivity contribution is -0.253. The topological polar surface area (TPSA) is 23.1 Å². The summed E-state index contributed by atoms with van der Waals surface area (Å²) in [6, 6.07) is 28.3. The van der Waals surface area contributed by atoms with Gasteiger partial charge in [-0.3, -0.25) is 0 Å². The number of hydrogen-bond donors (Lipinski definition) is 0. The molecule has 0 fully saturated rings. The average Bonchev–Trinajstić information content (AvgIpc) is 2.84. The summed E-state index contributed by atoms with van der Waals surface area (Å²) in [5, 5.41) is 15.0. The maximum absolute atomic E-state index is 13.7. The fraction of sp³-hybridized carbons (Fsp3) is 0.182. The van der Waals surface area contributed by atoms with Gasteiger partial charge in [-0.2, -0.15) is 0 Å². The highest BCUT2D eigenvalue weighted by Crippen LogP contribution is 2.54. The molecule has 1 aliphatic rings. The second kappa shape index (κ2) is 5.30. The monoisotopic (exact) mass is 314 g/mol. The van der Waals surface area contributed by atoms with E-state index in [-0.39, 0.29) is 0 Å². The van der Waals surface area contributed by atoms with Crippen LogP contribution in [0.4, 0.5) is 0 Å².